The highest BCUT2D eigenvalue weighted by molar-refractivity contribution is 6.55. The van der Waals surface area contributed by atoms with Gasteiger partial charge in [-0.2, -0.15) is 4.91 Å². The van der Waals surface area contributed by atoms with E-state index >= 15 is 0 Å². The average molecular weight is 168 g/mol. The number of hydrogen-bond acceptors (Lipinski definition) is 2. The molecule has 0 amide bonds. The highest BCUT2D eigenvalue weighted by Crippen LogP contribution is 2.09. The molecular formula is C10H7BNO. The number of fused-ring (bicyclic) bond motifs is 1. The summed E-state index contributed by atoms with van der Waals surface area (Å²) in [6, 6.07) is 13.7. The lowest BCUT2D eigenvalue weighted by Crippen LogP contribution is -2.11. The Bertz CT molecular complexity index is 436. The molecule has 0 saturated carbocycles. The molecule has 2 rings (SSSR count). The fraction of sp³-hybridized carbons (Fsp3) is 0. The van der Waals surface area contributed by atoms with E-state index in [4.69, 9.17) is 0 Å². The van der Waals surface area contributed by atoms with E-state index in [1.54, 1.807) is 0 Å². The molecule has 0 atom stereocenters. The molecular weight excluding hydrogens is 161 g/mol. The molecule has 0 spiro atoms. The van der Waals surface area contributed by atoms with Gasteiger partial charge in [-0.15, -0.1) is 5.09 Å². The Balaban J connectivity index is 2.68. The number of hydrogen-bond donors (Lipinski definition) is 0. The quantitative estimate of drug-likeness (QED) is 0.496. The lowest BCUT2D eigenvalue weighted by molar-refractivity contribution is 1.75. The second kappa shape index (κ2) is 3.39. The predicted molar refractivity (Wildman–Crippen MR) is 55.1 cm³/mol. The molecule has 0 unspecified atom stereocenters. The molecule has 0 aromatic heterocycles. The van der Waals surface area contributed by atoms with Crippen LogP contribution in [0.25, 0.3) is 10.8 Å². The van der Waals surface area contributed by atoms with Crippen molar-refractivity contribution < 1.29 is 0 Å². The minimum Gasteiger partial charge on any atom is -0.168 e. The first kappa shape index (κ1) is 7.99. The van der Waals surface area contributed by atoms with Crippen LogP contribution in [0.15, 0.2) is 47.6 Å². The van der Waals surface area contributed by atoms with Crippen molar-refractivity contribution in [1.82, 2.24) is 0 Å². The monoisotopic (exact) mass is 168 g/mol. The Morgan fingerprint density at radius 3 is 2.62 bits per heavy atom. The fourth-order valence-corrected chi connectivity index (χ4v) is 1.42. The Morgan fingerprint density at radius 1 is 1.00 bits per heavy atom. The van der Waals surface area contributed by atoms with Crippen LogP contribution >= 0.6 is 0 Å². The summed E-state index contributed by atoms with van der Waals surface area (Å²) in [7, 11) is 1.34. The first-order chi connectivity index (χ1) is 6.42. The second-order valence-electron chi connectivity index (χ2n) is 2.80. The van der Waals surface area contributed by atoms with Crippen LogP contribution < -0.4 is 5.46 Å². The van der Waals surface area contributed by atoms with Crippen molar-refractivity contribution in [2.75, 3.05) is 0 Å². The molecule has 3 heteroatoms. The van der Waals surface area contributed by atoms with Crippen molar-refractivity contribution in [3.05, 3.63) is 47.4 Å². The van der Waals surface area contributed by atoms with Crippen LogP contribution in [0.3, 0.4) is 0 Å². The SMILES string of the molecule is O=N[B]c1cccc2ccccc12. The van der Waals surface area contributed by atoms with E-state index in [0.717, 1.165) is 16.2 Å². The second-order valence-corrected chi connectivity index (χ2v) is 2.80. The first-order valence-corrected chi connectivity index (χ1v) is 4.05. The molecule has 0 fully saturated rings. The van der Waals surface area contributed by atoms with Gasteiger partial charge < -0.3 is 0 Å². The van der Waals surface area contributed by atoms with Gasteiger partial charge >= 0.3 is 7.41 Å². The number of nitrogens with zero attached hydrogens (tertiary/aromatic N) is 1. The van der Waals surface area contributed by atoms with Crippen molar-refractivity contribution in [3.8, 4) is 0 Å². The summed E-state index contributed by atoms with van der Waals surface area (Å²) >= 11 is 0. The lowest BCUT2D eigenvalue weighted by Gasteiger charge is -2.00. The predicted octanol–water partition coefficient (Wildman–Crippen LogP) is 1.85. The third-order valence-corrected chi connectivity index (χ3v) is 2.02. The minimum atomic E-state index is 0.869. The summed E-state index contributed by atoms with van der Waals surface area (Å²) in [6.07, 6.45) is 0. The number of rotatable bonds is 2. The van der Waals surface area contributed by atoms with Crippen LogP contribution in [-0.4, -0.2) is 7.41 Å². The van der Waals surface area contributed by atoms with Crippen LogP contribution in [0.4, 0.5) is 0 Å². The summed E-state index contributed by atoms with van der Waals surface area (Å²) in [6.45, 7) is 0. The normalized spacial score (nSPS) is 9.85. The minimum absolute atomic E-state index is 0.869. The molecule has 2 nitrogen and oxygen atoms in total. The van der Waals surface area contributed by atoms with E-state index in [0.29, 0.717) is 0 Å². The summed E-state index contributed by atoms with van der Waals surface area (Å²) in [5.41, 5.74) is 0.869. The molecule has 13 heavy (non-hydrogen) atoms. The van der Waals surface area contributed by atoms with E-state index in [1.165, 1.54) is 7.41 Å². The summed E-state index contributed by atoms with van der Waals surface area (Å²) in [5.74, 6) is 0. The van der Waals surface area contributed by atoms with Crippen molar-refractivity contribution in [1.29, 1.82) is 0 Å². The Hall–Kier alpha value is -1.64. The molecule has 0 saturated heterocycles. The maximum Gasteiger partial charge on any atom is 0.374 e. The average Bonchev–Trinajstić information content (AvgIpc) is 2.19. The van der Waals surface area contributed by atoms with Gasteiger partial charge in [-0.25, -0.2) is 0 Å². The molecule has 2 aromatic carbocycles. The van der Waals surface area contributed by atoms with Gasteiger partial charge in [0.15, 0.2) is 0 Å². The smallest absolute Gasteiger partial charge is 0.168 e. The highest BCUT2D eigenvalue weighted by atomic mass is 16.2. The van der Waals surface area contributed by atoms with E-state index in [1.807, 2.05) is 42.5 Å². The van der Waals surface area contributed by atoms with Gasteiger partial charge in [0.25, 0.3) is 0 Å². The maximum atomic E-state index is 10.1. The summed E-state index contributed by atoms with van der Waals surface area (Å²) in [4.78, 5) is 10.1. The number of benzene rings is 2. The van der Waals surface area contributed by atoms with Crippen LogP contribution in [0.2, 0.25) is 0 Å². The van der Waals surface area contributed by atoms with Gasteiger partial charge in [-0.1, -0.05) is 42.5 Å². The Morgan fingerprint density at radius 2 is 1.77 bits per heavy atom. The topological polar surface area (TPSA) is 29.4 Å². The highest BCUT2D eigenvalue weighted by Gasteiger charge is 2.01. The van der Waals surface area contributed by atoms with E-state index in [2.05, 4.69) is 5.09 Å². The van der Waals surface area contributed by atoms with Crippen LogP contribution in [-0.2, 0) is 0 Å². The zero-order chi connectivity index (χ0) is 9.10. The van der Waals surface area contributed by atoms with Gasteiger partial charge in [0.05, 0.1) is 0 Å². The molecule has 61 valence electrons. The van der Waals surface area contributed by atoms with Crippen LogP contribution in [0.5, 0.6) is 0 Å². The summed E-state index contributed by atoms with van der Waals surface area (Å²) in [5, 5.41) is 4.97. The molecule has 1 radical (unpaired) electrons. The molecule has 0 aliphatic rings. The Labute approximate surface area is 76.8 Å². The molecule has 0 aliphatic heterocycles. The summed E-state index contributed by atoms with van der Waals surface area (Å²) < 4.78 is 0. The van der Waals surface area contributed by atoms with Crippen LogP contribution in [0.1, 0.15) is 0 Å². The Kier molecular flexibility index (Phi) is 2.09. The van der Waals surface area contributed by atoms with Gasteiger partial charge in [0, 0.05) is 0 Å². The van der Waals surface area contributed by atoms with Gasteiger partial charge in [0.2, 0.25) is 0 Å². The zero-order valence-electron chi connectivity index (χ0n) is 6.97. The molecule has 0 N–H and O–H groups in total. The molecule has 2 aromatic rings. The third-order valence-electron chi connectivity index (χ3n) is 2.02. The molecule has 0 aliphatic carbocycles. The van der Waals surface area contributed by atoms with Gasteiger partial charge in [-0.3, -0.25) is 0 Å². The van der Waals surface area contributed by atoms with E-state index in [-0.39, 0.29) is 0 Å². The van der Waals surface area contributed by atoms with E-state index in [9.17, 15) is 4.91 Å². The standard InChI is InChI=1S/C10H7BNO/c13-12-11-10-7-3-5-8-4-1-2-6-9(8)10/h1-7H. The first-order valence-electron chi connectivity index (χ1n) is 4.05. The molecule has 0 heterocycles. The molecule has 0 bridgehead atoms. The lowest BCUT2D eigenvalue weighted by atomic mass is 9.81. The van der Waals surface area contributed by atoms with Crippen molar-refractivity contribution in [2.45, 2.75) is 0 Å². The zero-order valence-corrected chi connectivity index (χ0v) is 6.97. The fourth-order valence-electron chi connectivity index (χ4n) is 1.42. The van der Waals surface area contributed by atoms with Crippen molar-refractivity contribution >= 4 is 23.6 Å². The third kappa shape index (κ3) is 1.45. The van der Waals surface area contributed by atoms with Gasteiger partial charge in [-0.05, 0) is 16.2 Å². The maximum absolute atomic E-state index is 10.1. The van der Waals surface area contributed by atoms with E-state index < -0.39 is 0 Å². The van der Waals surface area contributed by atoms with Crippen molar-refractivity contribution in [2.24, 2.45) is 5.09 Å². The van der Waals surface area contributed by atoms with Crippen LogP contribution in [0, 0.1) is 4.91 Å². The van der Waals surface area contributed by atoms with Gasteiger partial charge in [0.1, 0.15) is 0 Å². The number of nitroso groups, excluding NO2 is 1. The largest absolute Gasteiger partial charge is 0.374 e. The van der Waals surface area contributed by atoms with Crippen molar-refractivity contribution in [3.63, 3.8) is 0 Å².